The first kappa shape index (κ1) is 15.6. The van der Waals surface area contributed by atoms with Crippen LogP contribution in [0.25, 0.3) is 0 Å². The van der Waals surface area contributed by atoms with Gasteiger partial charge < -0.3 is 10.6 Å². The molecule has 0 saturated carbocycles. The van der Waals surface area contributed by atoms with Gasteiger partial charge in [0, 0.05) is 35.9 Å². The topological polar surface area (TPSA) is 71.1 Å². The quantitative estimate of drug-likeness (QED) is 0.789. The van der Waals surface area contributed by atoms with Crippen LogP contribution in [0, 0.1) is 5.82 Å². The molecule has 106 valence electrons. The van der Waals surface area contributed by atoms with E-state index in [2.05, 4.69) is 15.6 Å². The number of anilines is 1. The molecule has 1 heterocycles. The largest absolute Gasteiger partial charge is 0.369 e. The molecule has 1 aromatic rings. The van der Waals surface area contributed by atoms with Crippen molar-refractivity contribution >= 4 is 22.5 Å². The Morgan fingerprint density at radius 3 is 2.84 bits per heavy atom. The van der Waals surface area contributed by atoms with E-state index in [-0.39, 0.29) is 12.1 Å². The summed E-state index contributed by atoms with van der Waals surface area (Å²) in [6.45, 7) is 2.91. The Bertz CT molecular complexity index is 468. The summed E-state index contributed by atoms with van der Waals surface area (Å²) in [6, 6.07) is 1.14. The van der Waals surface area contributed by atoms with Crippen LogP contribution >= 0.6 is 0 Å². The Kier molecular flexibility index (Phi) is 6.41. The lowest BCUT2D eigenvalue weighted by Gasteiger charge is -2.10. The van der Waals surface area contributed by atoms with Crippen molar-refractivity contribution in [2.45, 2.75) is 13.3 Å². The summed E-state index contributed by atoms with van der Waals surface area (Å²) in [4.78, 5) is 15.8. The molecule has 1 aromatic heterocycles. The first-order chi connectivity index (χ1) is 9.04. The molecule has 0 aliphatic rings. The van der Waals surface area contributed by atoms with Gasteiger partial charge in [-0.25, -0.2) is 9.37 Å². The highest BCUT2D eigenvalue weighted by atomic mass is 32.2. The molecule has 0 aromatic carbocycles. The lowest BCUT2D eigenvalue weighted by molar-refractivity contribution is 0.0956. The molecule has 1 rings (SSSR count). The average Bonchev–Trinajstić information content (AvgIpc) is 2.36. The number of carbonyl (C=O) groups is 1. The number of nitrogens with one attached hydrogen (secondary N) is 2. The van der Waals surface area contributed by atoms with Crippen LogP contribution in [0.5, 0.6) is 0 Å². The average molecular weight is 287 g/mol. The number of nitrogens with zero attached hydrogens (tertiary/aromatic N) is 1. The van der Waals surface area contributed by atoms with E-state index in [1.165, 1.54) is 0 Å². The van der Waals surface area contributed by atoms with Crippen molar-refractivity contribution in [1.82, 2.24) is 10.3 Å². The fraction of sp³-hybridized carbons (Fsp3) is 0.500. The van der Waals surface area contributed by atoms with Crippen molar-refractivity contribution in [2.24, 2.45) is 0 Å². The van der Waals surface area contributed by atoms with Crippen LogP contribution in [0.4, 0.5) is 10.2 Å². The number of rotatable bonds is 7. The molecule has 0 radical (unpaired) electrons. The van der Waals surface area contributed by atoms with Crippen molar-refractivity contribution in [1.29, 1.82) is 0 Å². The fourth-order valence-corrected chi connectivity index (χ4v) is 1.79. The van der Waals surface area contributed by atoms with Gasteiger partial charge >= 0.3 is 0 Å². The maximum atomic E-state index is 13.2. The van der Waals surface area contributed by atoms with Gasteiger partial charge in [0.05, 0.1) is 11.8 Å². The van der Waals surface area contributed by atoms with Crippen LogP contribution in [0.15, 0.2) is 12.3 Å². The van der Waals surface area contributed by atoms with Crippen LogP contribution in [-0.4, -0.2) is 40.2 Å². The van der Waals surface area contributed by atoms with Crippen LogP contribution in [0.3, 0.4) is 0 Å². The minimum absolute atomic E-state index is 0.162. The Morgan fingerprint density at radius 2 is 2.21 bits per heavy atom. The molecule has 0 aliphatic carbocycles. The molecule has 0 bridgehead atoms. The highest BCUT2D eigenvalue weighted by Crippen LogP contribution is 2.13. The predicted octanol–water partition coefficient (Wildman–Crippen LogP) is 1.15. The number of hydrogen-bond donors (Lipinski definition) is 2. The minimum Gasteiger partial charge on any atom is -0.369 e. The summed E-state index contributed by atoms with van der Waals surface area (Å²) in [7, 11) is -0.973. The van der Waals surface area contributed by atoms with Gasteiger partial charge in [-0.15, -0.1) is 0 Å². The van der Waals surface area contributed by atoms with Gasteiger partial charge in [0.25, 0.3) is 5.91 Å². The number of hydrogen-bond acceptors (Lipinski definition) is 4. The maximum Gasteiger partial charge on any atom is 0.255 e. The monoisotopic (exact) mass is 287 g/mol. The third-order valence-corrected chi connectivity index (χ3v) is 3.10. The zero-order valence-electron chi connectivity index (χ0n) is 11.0. The molecule has 0 spiro atoms. The van der Waals surface area contributed by atoms with Crippen LogP contribution in [0.1, 0.15) is 23.7 Å². The van der Waals surface area contributed by atoms with Crippen LogP contribution in [-0.2, 0) is 10.8 Å². The number of amides is 1. The number of pyridine rings is 1. The molecule has 19 heavy (non-hydrogen) atoms. The van der Waals surface area contributed by atoms with E-state index in [9.17, 15) is 13.4 Å². The SMILES string of the molecule is CCCNc1ncc(F)cc1C(=O)NCCS(C)=O. The van der Waals surface area contributed by atoms with Crippen molar-refractivity contribution in [3.63, 3.8) is 0 Å². The molecule has 1 atom stereocenters. The molecular formula is C12H18FN3O2S. The number of carbonyl (C=O) groups excluding carboxylic acids is 1. The number of halogens is 1. The predicted molar refractivity (Wildman–Crippen MR) is 74.2 cm³/mol. The smallest absolute Gasteiger partial charge is 0.255 e. The third kappa shape index (κ3) is 5.34. The maximum absolute atomic E-state index is 13.2. The van der Waals surface area contributed by atoms with E-state index >= 15 is 0 Å². The summed E-state index contributed by atoms with van der Waals surface area (Å²) in [6.07, 6.45) is 3.49. The van der Waals surface area contributed by atoms with Crippen molar-refractivity contribution in [2.75, 3.05) is 30.4 Å². The van der Waals surface area contributed by atoms with E-state index in [0.29, 0.717) is 18.1 Å². The first-order valence-electron chi connectivity index (χ1n) is 6.02. The highest BCUT2D eigenvalue weighted by molar-refractivity contribution is 7.84. The zero-order valence-corrected chi connectivity index (χ0v) is 11.8. The van der Waals surface area contributed by atoms with Crippen molar-refractivity contribution in [3.05, 3.63) is 23.6 Å². The summed E-state index contributed by atoms with van der Waals surface area (Å²) in [5.74, 6) is -0.257. The summed E-state index contributed by atoms with van der Waals surface area (Å²) in [5.41, 5.74) is 0.162. The van der Waals surface area contributed by atoms with Gasteiger partial charge in [0.15, 0.2) is 0 Å². The van der Waals surface area contributed by atoms with Crippen molar-refractivity contribution in [3.8, 4) is 0 Å². The molecule has 0 fully saturated rings. The second kappa shape index (κ2) is 7.83. The minimum atomic E-state index is -0.973. The standard InChI is InChI=1S/C12H18FN3O2S/c1-3-4-14-11-10(7-9(13)8-16-11)12(17)15-5-6-19(2)18/h7-8H,3-6H2,1-2H3,(H,14,16)(H,15,17). The van der Waals surface area contributed by atoms with Gasteiger partial charge in [-0.3, -0.25) is 9.00 Å². The zero-order chi connectivity index (χ0) is 14.3. The summed E-state index contributed by atoms with van der Waals surface area (Å²) >= 11 is 0. The second-order valence-corrected chi connectivity index (χ2v) is 5.56. The molecule has 1 amide bonds. The summed E-state index contributed by atoms with van der Waals surface area (Å²) < 4.78 is 24.1. The van der Waals surface area contributed by atoms with Crippen LogP contribution in [0.2, 0.25) is 0 Å². The molecule has 2 N–H and O–H groups in total. The van der Waals surface area contributed by atoms with Crippen molar-refractivity contribution < 1.29 is 13.4 Å². The molecule has 0 aliphatic heterocycles. The third-order valence-electron chi connectivity index (χ3n) is 2.32. The van der Waals surface area contributed by atoms with Gasteiger partial charge in [0.1, 0.15) is 11.6 Å². The Labute approximate surface area is 114 Å². The number of aromatic nitrogens is 1. The fourth-order valence-electron chi connectivity index (χ4n) is 1.40. The Balaban J connectivity index is 2.75. The lowest BCUT2D eigenvalue weighted by Crippen LogP contribution is -2.28. The van der Waals surface area contributed by atoms with Gasteiger partial charge in [0.2, 0.25) is 0 Å². The molecule has 7 heteroatoms. The van der Waals surface area contributed by atoms with Crippen LogP contribution < -0.4 is 10.6 Å². The van der Waals surface area contributed by atoms with Gasteiger partial charge in [-0.2, -0.15) is 0 Å². The van der Waals surface area contributed by atoms with Gasteiger partial charge in [-0.1, -0.05) is 6.92 Å². The van der Waals surface area contributed by atoms with E-state index in [0.717, 1.165) is 18.7 Å². The highest BCUT2D eigenvalue weighted by Gasteiger charge is 2.13. The van der Waals surface area contributed by atoms with Gasteiger partial charge in [-0.05, 0) is 12.5 Å². The Hall–Kier alpha value is -1.50. The molecule has 1 unspecified atom stereocenters. The lowest BCUT2D eigenvalue weighted by atomic mass is 10.2. The normalized spacial score (nSPS) is 11.9. The molecule has 5 nitrogen and oxygen atoms in total. The Morgan fingerprint density at radius 1 is 1.47 bits per heavy atom. The van der Waals surface area contributed by atoms with E-state index < -0.39 is 22.5 Å². The second-order valence-electron chi connectivity index (χ2n) is 4.01. The molecular weight excluding hydrogens is 269 g/mol. The first-order valence-corrected chi connectivity index (χ1v) is 7.75. The molecule has 0 saturated heterocycles. The van der Waals surface area contributed by atoms with E-state index in [4.69, 9.17) is 0 Å². The van der Waals surface area contributed by atoms with E-state index in [1.54, 1.807) is 6.26 Å². The van der Waals surface area contributed by atoms with E-state index in [1.807, 2.05) is 6.92 Å². The summed E-state index contributed by atoms with van der Waals surface area (Å²) in [5, 5.41) is 5.57.